The second-order valence-electron chi connectivity index (χ2n) is 17.9. The normalized spacial score (nSPS) is 15.1. The minimum atomic E-state index is -2.35. The average molecular weight is 1090 g/mol. The number of rotatable bonds is 6. The maximum Gasteiger partial charge on any atom is 0 e. The van der Waals surface area contributed by atoms with Crippen LogP contribution in [0.1, 0.15) is 66.8 Å². The Kier molecular flexibility index (Phi) is 10.4. The number of furan rings is 2. The van der Waals surface area contributed by atoms with E-state index < -0.39 is 32.4 Å². The molecule has 0 saturated heterocycles. The molecular formula is C55H51FGeIrN4O2-2. The van der Waals surface area contributed by atoms with E-state index in [4.69, 9.17) is 20.7 Å². The van der Waals surface area contributed by atoms with Crippen LogP contribution in [0.4, 0.5) is 4.39 Å². The van der Waals surface area contributed by atoms with Crippen molar-refractivity contribution in [1.29, 1.82) is 0 Å². The number of aryl methyl sites for hydroxylation is 4. The molecule has 1 fully saturated rings. The van der Waals surface area contributed by atoms with Crippen LogP contribution in [0.5, 0.6) is 0 Å². The molecule has 0 atom stereocenters. The molecule has 0 spiro atoms. The molecule has 5 aromatic carbocycles. The molecule has 1 saturated carbocycles. The predicted octanol–water partition coefficient (Wildman–Crippen LogP) is 14.3. The molecule has 64 heavy (non-hydrogen) atoms. The Bertz CT molecular complexity index is 3570. The van der Waals surface area contributed by atoms with Crippen LogP contribution in [0.3, 0.4) is 0 Å². The predicted molar refractivity (Wildman–Crippen MR) is 258 cm³/mol. The third-order valence-electron chi connectivity index (χ3n) is 12.4. The van der Waals surface area contributed by atoms with Gasteiger partial charge in [-0.25, -0.2) is 0 Å². The first-order valence-corrected chi connectivity index (χ1v) is 29.1. The number of halogens is 1. The summed E-state index contributed by atoms with van der Waals surface area (Å²) >= 11 is -2.35. The van der Waals surface area contributed by atoms with Gasteiger partial charge in [-0.1, -0.05) is 48.2 Å². The maximum absolute atomic E-state index is 14.0. The molecular weight excluding hydrogens is 1030 g/mol. The van der Waals surface area contributed by atoms with Gasteiger partial charge in [0.1, 0.15) is 11.2 Å². The van der Waals surface area contributed by atoms with Crippen molar-refractivity contribution >= 4 is 72.7 Å². The zero-order valence-corrected chi connectivity index (χ0v) is 41.2. The fourth-order valence-corrected chi connectivity index (χ4v) is 12.3. The van der Waals surface area contributed by atoms with Gasteiger partial charge in [0.25, 0.3) is 0 Å². The van der Waals surface area contributed by atoms with E-state index in [0.717, 1.165) is 102 Å². The Hall–Kier alpha value is -5.41. The Labute approximate surface area is 397 Å². The molecule has 0 N–H and O–H groups in total. The van der Waals surface area contributed by atoms with Crippen LogP contribution in [-0.4, -0.2) is 32.8 Å². The zero-order chi connectivity index (χ0) is 47.9. The van der Waals surface area contributed by atoms with Crippen molar-refractivity contribution in [2.45, 2.75) is 83.4 Å². The van der Waals surface area contributed by atoms with Gasteiger partial charge in [0.05, 0.1) is 22.4 Å². The van der Waals surface area contributed by atoms with Gasteiger partial charge in [0.15, 0.2) is 0 Å². The molecule has 1 radical (unpaired) electrons. The van der Waals surface area contributed by atoms with Crippen LogP contribution in [0, 0.1) is 51.6 Å². The standard InChI is InChI=1S/C33H21FN3O2.C22H30GeN.Ir/c1-17-12-13-22(31-28(17)21-14-15-27(34)36-33(21)39-31)32-35-24-9-5-6-10-25(24)37(32)29-18(2)16-23-20-8-4-7-11-26(20)38-30(23)19(29)3;1-17-10-12-19(13-11-17)22-15-20(14-18-8-6-5-7-9-18)21(16-24-22)23(2,3)4;/h4-12,14-16H,1-3H3;10-12,15-16,18H,5-9,14H2,1-4H3;/q2*-1;/i;1D3,14D2;. The average Bonchev–Trinajstić information content (AvgIpc) is 4.01. The summed E-state index contributed by atoms with van der Waals surface area (Å²) in [4.78, 5) is 13.7. The number of hydrogen-bond acceptors (Lipinski definition) is 5. The Balaban J connectivity index is 0.000000178. The van der Waals surface area contributed by atoms with Crippen LogP contribution in [0.25, 0.3) is 83.4 Å². The van der Waals surface area contributed by atoms with Gasteiger partial charge in [-0.05, 0) is 55.8 Å². The van der Waals surface area contributed by atoms with Crippen LogP contribution in [-0.2, 0) is 26.5 Å². The van der Waals surface area contributed by atoms with Gasteiger partial charge in [-0.2, -0.15) is 9.37 Å². The smallest absolute Gasteiger partial charge is 0 e. The Morgan fingerprint density at radius 3 is 2.41 bits per heavy atom. The van der Waals surface area contributed by atoms with Crippen molar-refractivity contribution in [1.82, 2.24) is 19.5 Å². The molecule has 0 aliphatic heterocycles. The number of aromatic nitrogens is 4. The summed E-state index contributed by atoms with van der Waals surface area (Å²) in [7, 11) is 0. The fraction of sp³-hybridized carbons (Fsp3) is 0.255. The summed E-state index contributed by atoms with van der Waals surface area (Å²) < 4.78 is 70.5. The largest absolute Gasteiger partial charge is 0 e. The summed E-state index contributed by atoms with van der Waals surface area (Å²) in [6.07, 6.45) is 5.74. The van der Waals surface area contributed by atoms with E-state index in [9.17, 15) is 4.39 Å². The molecule has 5 heterocycles. The van der Waals surface area contributed by atoms with E-state index in [1.54, 1.807) is 18.2 Å². The molecule has 0 bridgehead atoms. The van der Waals surface area contributed by atoms with Crippen LogP contribution >= 0.6 is 0 Å². The van der Waals surface area contributed by atoms with Gasteiger partial charge in [-0.15, -0.1) is 17.7 Å². The van der Waals surface area contributed by atoms with Gasteiger partial charge in [0.2, 0.25) is 11.7 Å². The number of nitrogens with zero attached hydrogens (tertiary/aromatic N) is 4. The third kappa shape index (κ3) is 8.03. The molecule has 11 rings (SSSR count). The molecule has 10 aromatic rings. The first kappa shape index (κ1) is 37.9. The second-order valence-corrected chi connectivity index (χ2v) is 28.4. The summed E-state index contributed by atoms with van der Waals surface area (Å²) in [5, 5.41) is 3.82. The first-order valence-electron chi connectivity index (χ1n) is 24.2. The summed E-state index contributed by atoms with van der Waals surface area (Å²) in [5.41, 5.74) is 11.5. The summed E-state index contributed by atoms with van der Waals surface area (Å²) in [5.74, 6) is 6.96. The molecule has 9 heteroatoms. The SMILES string of the molecule is Cc1cc2c(oc3ccccc32)c(C)c1-n1c(-c2[c-]cc(C)c3c2oc2nc(F)ccc23)nc2ccccc21.[2H]C([2H])([2H])c1c[c-]c(-c2cc(C([2H])([2H])C3CCCCC3)[c]([Ge]([CH3])([CH3])[CH3])cn2)cc1.[Ir]. The summed E-state index contributed by atoms with van der Waals surface area (Å²) in [6, 6.07) is 36.5. The Morgan fingerprint density at radius 1 is 0.828 bits per heavy atom. The van der Waals surface area contributed by atoms with E-state index in [2.05, 4.69) is 76.0 Å². The van der Waals surface area contributed by atoms with Crippen molar-refractivity contribution in [3.05, 3.63) is 149 Å². The minimum Gasteiger partial charge on any atom is 0 e. The van der Waals surface area contributed by atoms with E-state index >= 15 is 0 Å². The van der Waals surface area contributed by atoms with E-state index in [0.29, 0.717) is 28.2 Å². The van der Waals surface area contributed by atoms with E-state index in [1.165, 1.54) is 18.6 Å². The number of para-hydroxylation sites is 3. The number of benzene rings is 5. The molecule has 0 unspecified atom stereocenters. The third-order valence-corrected chi connectivity index (χ3v) is 16.6. The topological polar surface area (TPSA) is 69.9 Å². The van der Waals surface area contributed by atoms with Crippen molar-refractivity contribution in [3.8, 4) is 28.3 Å². The number of imidazole rings is 1. The van der Waals surface area contributed by atoms with E-state index in [-0.39, 0.29) is 37.3 Å². The number of pyridine rings is 2. The van der Waals surface area contributed by atoms with Gasteiger partial charge in [-0.3, -0.25) is 4.98 Å². The van der Waals surface area contributed by atoms with Gasteiger partial charge < -0.3 is 13.4 Å². The maximum atomic E-state index is 14.0. The van der Waals surface area contributed by atoms with Gasteiger partial charge in [0, 0.05) is 47.5 Å². The Morgan fingerprint density at radius 2 is 1.62 bits per heavy atom. The molecule has 0 amide bonds. The molecule has 1 aliphatic rings. The van der Waals surface area contributed by atoms with Crippen molar-refractivity contribution in [3.63, 3.8) is 0 Å². The second kappa shape index (κ2) is 17.5. The first-order chi connectivity index (χ1) is 32.4. The summed E-state index contributed by atoms with van der Waals surface area (Å²) in [6.45, 7) is 4.04. The quantitative estimate of drug-likeness (QED) is 0.0943. The van der Waals surface area contributed by atoms with Crippen molar-refractivity contribution < 1.29 is 40.2 Å². The number of hydrogen-bond donors (Lipinski definition) is 0. The van der Waals surface area contributed by atoms with Crippen LogP contribution in [0.15, 0.2) is 112 Å². The molecule has 5 aromatic heterocycles. The molecule has 325 valence electrons. The van der Waals surface area contributed by atoms with Crippen molar-refractivity contribution in [2.75, 3.05) is 0 Å². The van der Waals surface area contributed by atoms with E-state index in [1.807, 2.05) is 61.7 Å². The monoisotopic (exact) mass is 1090 g/mol. The van der Waals surface area contributed by atoms with Crippen LogP contribution in [0.2, 0.25) is 17.3 Å². The zero-order valence-electron chi connectivity index (χ0n) is 41.7. The van der Waals surface area contributed by atoms with Gasteiger partial charge >= 0.3 is 157 Å². The molecule has 6 nitrogen and oxygen atoms in total. The minimum absolute atomic E-state index is 0. The van der Waals surface area contributed by atoms with Crippen molar-refractivity contribution in [2.24, 2.45) is 5.92 Å². The number of fused-ring (bicyclic) bond motifs is 7. The molecule has 1 aliphatic carbocycles. The fourth-order valence-electron chi connectivity index (χ4n) is 9.32. The van der Waals surface area contributed by atoms with Crippen LogP contribution < -0.4 is 4.40 Å².